The average Bonchev–Trinajstić information content (AvgIpc) is 3.24. The Morgan fingerprint density at radius 1 is 1.46 bits per heavy atom. The summed E-state index contributed by atoms with van der Waals surface area (Å²) < 4.78 is 27.0. The summed E-state index contributed by atoms with van der Waals surface area (Å²) in [6, 6.07) is 0. The van der Waals surface area contributed by atoms with Crippen molar-refractivity contribution < 1.29 is 8.42 Å². The molecule has 1 aromatic rings. The summed E-state index contributed by atoms with van der Waals surface area (Å²) in [5.41, 5.74) is 1.26. The minimum Gasteiger partial charge on any atom is -0.355 e. The Kier molecular flexibility index (Phi) is 5.09. The van der Waals surface area contributed by atoms with Crippen LogP contribution in [0.3, 0.4) is 0 Å². The van der Waals surface area contributed by atoms with Crippen molar-refractivity contribution in [2.75, 3.05) is 45.5 Å². The molecule has 0 bridgehead atoms. The van der Waals surface area contributed by atoms with Gasteiger partial charge in [0.1, 0.15) is 0 Å². The molecule has 1 aromatic heterocycles. The van der Waals surface area contributed by atoms with Gasteiger partial charge in [-0.1, -0.05) is 0 Å². The molecule has 1 atom stereocenters. The minimum atomic E-state index is -3.02. The predicted octanol–water partition coefficient (Wildman–Crippen LogP) is -0.180. The first-order valence-corrected chi connectivity index (χ1v) is 10.0. The zero-order chi connectivity index (χ0) is 17.2. The van der Waals surface area contributed by atoms with E-state index in [4.69, 9.17) is 0 Å². The molecule has 1 N–H and O–H groups in total. The number of likely N-dealkylation sites (tertiary alicyclic amines) is 1. The van der Waals surface area contributed by atoms with Crippen molar-refractivity contribution in [2.45, 2.75) is 18.8 Å². The Labute approximate surface area is 143 Å². The summed E-state index contributed by atoms with van der Waals surface area (Å²) in [5.74, 6) is 1.59. The number of rotatable bonds is 4. The summed E-state index contributed by atoms with van der Waals surface area (Å²) in [7, 11) is 0.681. The normalized spacial score (nSPS) is 24.7. The fraction of sp³-hybridized carbons (Fsp3) is 0.733. The van der Waals surface area contributed by atoms with Gasteiger partial charge in [-0.3, -0.25) is 9.67 Å². The van der Waals surface area contributed by atoms with Gasteiger partial charge in [-0.25, -0.2) is 12.7 Å². The summed E-state index contributed by atoms with van der Waals surface area (Å²) in [6.07, 6.45) is 5.81. The largest absolute Gasteiger partial charge is 0.355 e. The van der Waals surface area contributed by atoms with Gasteiger partial charge < -0.3 is 10.2 Å². The van der Waals surface area contributed by atoms with Crippen molar-refractivity contribution in [1.82, 2.24) is 24.3 Å². The van der Waals surface area contributed by atoms with Crippen LogP contribution in [0, 0.1) is 0 Å². The Morgan fingerprint density at radius 2 is 2.29 bits per heavy atom. The second kappa shape index (κ2) is 7.10. The first-order chi connectivity index (χ1) is 11.5. The van der Waals surface area contributed by atoms with Gasteiger partial charge in [0, 0.05) is 58.9 Å². The van der Waals surface area contributed by atoms with E-state index in [1.54, 1.807) is 11.4 Å². The van der Waals surface area contributed by atoms with Crippen LogP contribution >= 0.6 is 0 Å². The predicted molar refractivity (Wildman–Crippen MR) is 93.5 cm³/mol. The van der Waals surface area contributed by atoms with Gasteiger partial charge >= 0.3 is 0 Å². The van der Waals surface area contributed by atoms with E-state index in [-0.39, 0.29) is 5.75 Å². The van der Waals surface area contributed by atoms with Gasteiger partial charge in [0.2, 0.25) is 10.0 Å². The molecule has 2 saturated heterocycles. The van der Waals surface area contributed by atoms with Crippen LogP contribution in [0.1, 0.15) is 24.3 Å². The molecule has 0 spiro atoms. The molecule has 24 heavy (non-hydrogen) atoms. The molecule has 3 rings (SSSR count). The lowest BCUT2D eigenvalue weighted by atomic mass is 10.0. The molecule has 0 saturated carbocycles. The molecule has 0 radical (unpaired) electrons. The van der Waals surface area contributed by atoms with Crippen LogP contribution in [0.15, 0.2) is 17.4 Å². The van der Waals surface area contributed by atoms with E-state index in [2.05, 4.69) is 26.5 Å². The maximum absolute atomic E-state index is 11.8. The quantitative estimate of drug-likeness (QED) is 0.599. The summed E-state index contributed by atoms with van der Waals surface area (Å²) in [4.78, 5) is 6.58. The Bertz CT molecular complexity index is 699. The van der Waals surface area contributed by atoms with E-state index in [9.17, 15) is 8.42 Å². The summed E-state index contributed by atoms with van der Waals surface area (Å²) in [5, 5.41) is 7.55. The van der Waals surface area contributed by atoms with Crippen molar-refractivity contribution >= 4 is 16.0 Å². The van der Waals surface area contributed by atoms with Crippen molar-refractivity contribution in [3.8, 4) is 0 Å². The maximum atomic E-state index is 11.8. The van der Waals surface area contributed by atoms with Gasteiger partial charge in [0.05, 0.1) is 11.9 Å². The van der Waals surface area contributed by atoms with E-state index >= 15 is 0 Å². The van der Waals surface area contributed by atoms with Gasteiger partial charge in [-0.05, 0) is 18.4 Å². The SMILES string of the molecule is CN=C(NCCN1CCCS1(=O)=O)N1CCC(c2cnn(C)c2)C1. The molecular weight excluding hydrogens is 328 g/mol. The zero-order valence-electron chi connectivity index (χ0n) is 14.3. The number of guanidine groups is 1. The Balaban J connectivity index is 1.50. The highest BCUT2D eigenvalue weighted by atomic mass is 32.2. The standard InChI is InChI=1S/C15H26N6O2S/c1-16-15(17-5-8-21-6-3-9-24(21,22)23)20-7-4-13(12-20)14-10-18-19(2)11-14/h10-11,13H,3-9,12H2,1-2H3,(H,16,17). The minimum absolute atomic E-state index is 0.278. The van der Waals surface area contributed by atoms with Gasteiger partial charge in [0.25, 0.3) is 0 Å². The second-order valence-electron chi connectivity index (χ2n) is 6.42. The topological polar surface area (TPSA) is 82.8 Å². The number of hydrogen-bond donors (Lipinski definition) is 1. The molecule has 2 fully saturated rings. The van der Waals surface area contributed by atoms with Crippen LogP contribution in [0.4, 0.5) is 0 Å². The molecule has 1 unspecified atom stereocenters. The molecule has 8 nitrogen and oxygen atoms in total. The van der Waals surface area contributed by atoms with Gasteiger partial charge in [-0.2, -0.15) is 5.10 Å². The second-order valence-corrected chi connectivity index (χ2v) is 8.51. The number of nitrogens with zero attached hydrogens (tertiary/aromatic N) is 5. The van der Waals surface area contributed by atoms with E-state index in [0.717, 1.165) is 31.9 Å². The number of nitrogens with one attached hydrogen (secondary N) is 1. The maximum Gasteiger partial charge on any atom is 0.214 e. The van der Waals surface area contributed by atoms with Crippen molar-refractivity contribution in [1.29, 1.82) is 0 Å². The number of hydrogen-bond acceptors (Lipinski definition) is 4. The summed E-state index contributed by atoms with van der Waals surface area (Å²) in [6.45, 7) is 3.57. The third-order valence-electron chi connectivity index (χ3n) is 4.74. The average molecular weight is 354 g/mol. The van der Waals surface area contributed by atoms with Crippen LogP contribution in [0.25, 0.3) is 0 Å². The fourth-order valence-corrected chi connectivity index (χ4v) is 4.97. The molecule has 0 aromatic carbocycles. The van der Waals surface area contributed by atoms with Crippen LogP contribution in [-0.4, -0.2) is 78.9 Å². The van der Waals surface area contributed by atoms with Crippen LogP contribution in [0.2, 0.25) is 0 Å². The lowest BCUT2D eigenvalue weighted by Gasteiger charge is -2.23. The van der Waals surface area contributed by atoms with Crippen LogP contribution < -0.4 is 5.32 Å². The highest BCUT2D eigenvalue weighted by molar-refractivity contribution is 7.89. The molecule has 2 aliphatic heterocycles. The molecule has 9 heteroatoms. The highest BCUT2D eigenvalue weighted by Gasteiger charge is 2.29. The number of aliphatic imine (C=N–C) groups is 1. The molecule has 3 heterocycles. The lowest BCUT2D eigenvalue weighted by molar-refractivity contribution is 0.434. The third-order valence-corrected chi connectivity index (χ3v) is 6.70. The zero-order valence-corrected chi connectivity index (χ0v) is 15.2. The van der Waals surface area contributed by atoms with E-state index < -0.39 is 10.0 Å². The number of sulfonamides is 1. The third kappa shape index (κ3) is 3.72. The van der Waals surface area contributed by atoms with Crippen LogP contribution in [0.5, 0.6) is 0 Å². The number of aromatic nitrogens is 2. The fourth-order valence-electron chi connectivity index (χ4n) is 3.44. The Morgan fingerprint density at radius 3 is 2.92 bits per heavy atom. The summed E-state index contributed by atoms with van der Waals surface area (Å²) >= 11 is 0. The molecule has 0 amide bonds. The van der Waals surface area contributed by atoms with Crippen LogP contribution in [-0.2, 0) is 17.1 Å². The lowest BCUT2D eigenvalue weighted by Crippen LogP contribution is -2.43. The monoisotopic (exact) mass is 354 g/mol. The van der Waals surface area contributed by atoms with Gasteiger partial charge in [-0.15, -0.1) is 0 Å². The first kappa shape index (κ1) is 17.2. The Hall–Kier alpha value is -1.61. The number of aryl methyl sites for hydroxylation is 1. The van der Waals surface area contributed by atoms with Gasteiger partial charge in [0.15, 0.2) is 5.96 Å². The molecular formula is C15H26N6O2S. The van der Waals surface area contributed by atoms with E-state index in [1.165, 1.54) is 5.56 Å². The van der Waals surface area contributed by atoms with Crippen molar-refractivity contribution in [2.24, 2.45) is 12.0 Å². The van der Waals surface area contributed by atoms with E-state index in [0.29, 0.717) is 25.6 Å². The molecule has 0 aliphatic carbocycles. The molecule has 134 valence electrons. The molecule has 2 aliphatic rings. The first-order valence-electron chi connectivity index (χ1n) is 8.41. The highest BCUT2D eigenvalue weighted by Crippen LogP contribution is 2.26. The van der Waals surface area contributed by atoms with Crippen molar-refractivity contribution in [3.05, 3.63) is 18.0 Å². The smallest absolute Gasteiger partial charge is 0.214 e. The van der Waals surface area contributed by atoms with E-state index in [1.807, 2.05) is 17.9 Å². The van der Waals surface area contributed by atoms with Crippen molar-refractivity contribution in [3.63, 3.8) is 0 Å².